The number of nitrogens with zero attached hydrogens (tertiary/aromatic N) is 1. The quantitative estimate of drug-likeness (QED) is 0.793. The van der Waals surface area contributed by atoms with Crippen LogP contribution in [0.1, 0.15) is 33.1 Å². The maximum absolute atomic E-state index is 13.6. The van der Waals surface area contributed by atoms with Crippen LogP contribution in [0.4, 0.5) is 20.4 Å². The normalized spacial score (nSPS) is 16.2. The average Bonchev–Trinajstić information content (AvgIpc) is 3.20. The maximum atomic E-state index is 13.6. The fourth-order valence-electron chi connectivity index (χ4n) is 2.05. The lowest BCUT2D eigenvalue weighted by atomic mass is 10.1. The highest BCUT2D eigenvalue weighted by atomic mass is 19.1. The molecule has 0 bridgehead atoms. The third-order valence-electron chi connectivity index (χ3n) is 3.49. The zero-order chi connectivity index (χ0) is 13.8. The molecule has 1 saturated carbocycles. The SMILES string of the molecule is CCCNc1nc(NCC(C)C2CC2)c(F)cc1F. The summed E-state index contributed by atoms with van der Waals surface area (Å²) in [4.78, 5) is 3.99. The number of hydrogen-bond acceptors (Lipinski definition) is 3. The van der Waals surface area contributed by atoms with Crippen LogP contribution in [0, 0.1) is 23.5 Å². The van der Waals surface area contributed by atoms with Gasteiger partial charge in [0.15, 0.2) is 23.3 Å². The van der Waals surface area contributed by atoms with E-state index in [1.54, 1.807) is 0 Å². The van der Waals surface area contributed by atoms with E-state index in [0.717, 1.165) is 18.4 Å². The third-order valence-corrected chi connectivity index (χ3v) is 3.49. The standard InChI is InChI=1S/C14H21F2N3/c1-3-6-17-13-11(15)7-12(16)14(19-13)18-8-9(2)10-4-5-10/h7,9-10H,3-6,8H2,1-2H3,(H2,17,18,19). The second-order valence-electron chi connectivity index (χ2n) is 5.27. The Balaban J connectivity index is 2.01. The zero-order valence-electron chi connectivity index (χ0n) is 11.5. The molecule has 0 amide bonds. The van der Waals surface area contributed by atoms with Crippen molar-refractivity contribution in [2.45, 2.75) is 33.1 Å². The van der Waals surface area contributed by atoms with E-state index in [1.807, 2.05) is 6.92 Å². The predicted octanol–water partition coefficient (Wildman–Crippen LogP) is 3.64. The van der Waals surface area contributed by atoms with Crippen LogP contribution in [-0.2, 0) is 0 Å². The lowest BCUT2D eigenvalue weighted by Crippen LogP contribution is -2.16. The van der Waals surface area contributed by atoms with Gasteiger partial charge in [-0.25, -0.2) is 13.8 Å². The first-order valence-electron chi connectivity index (χ1n) is 6.95. The van der Waals surface area contributed by atoms with Gasteiger partial charge in [-0.3, -0.25) is 0 Å². The number of aromatic nitrogens is 1. The van der Waals surface area contributed by atoms with Crippen molar-refractivity contribution in [1.82, 2.24) is 4.98 Å². The minimum absolute atomic E-state index is 0.116. The summed E-state index contributed by atoms with van der Waals surface area (Å²) in [6, 6.07) is 0.884. The van der Waals surface area contributed by atoms with E-state index in [0.29, 0.717) is 19.0 Å². The van der Waals surface area contributed by atoms with Gasteiger partial charge in [0.2, 0.25) is 0 Å². The Kier molecular flexibility index (Phi) is 4.56. The summed E-state index contributed by atoms with van der Waals surface area (Å²) in [5.74, 6) is 0.207. The molecule has 1 heterocycles. The summed E-state index contributed by atoms with van der Waals surface area (Å²) in [5.41, 5.74) is 0. The van der Waals surface area contributed by atoms with Crippen LogP contribution in [-0.4, -0.2) is 18.1 Å². The number of anilines is 2. The van der Waals surface area contributed by atoms with Crippen LogP contribution < -0.4 is 10.6 Å². The predicted molar refractivity (Wildman–Crippen MR) is 73.3 cm³/mol. The number of hydrogen-bond donors (Lipinski definition) is 2. The molecule has 1 aromatic rings. The molecule has 5 heteroatoms. The largest absolute Gasteiger partial charge is 0.368 e. The van der Waals surface area contributed by atoms with Gasteiger partial charge >= 0.3 is 0 Å². The fourth-order valence-corrected chi connectivity index (χ4v) is 2.05. The van der Waals surface area contributed by atoms with Crippen molar-refractivity contribution >= 4 is 11.6 Å². The second kappa shape index (κ2) is 6.17. The highest BCUT2D eigenvalue weighted by Crippen LogP contribution is 2.36. The van der Waals surface area contributed by atoms with Crippen molar-refractivity contribution in [3.05, 3.63) is 17.7 Å². The Labute approximate surface area is 112 Å². The molecule has 2 N–H and O–H groups in total. The van der Waals surface area contributed by atoms with Crippen molar-refractivity contribution in [3.63, 3.8) is 0 Å². The summed E-state index contributed by atoms with van der Waals surface area (Å²) in [6.45, 7) is 5.41. The van der Waals surface area contributed by atoms with E-state index < -0.39 is 11.6 Å². The Hall–Kier alpha value is -1.39. The molecule has 106 valence electrons. The van der Waals surface area contributed by atoms with E-state index in [2.05, 4.69) is 22.5 Å². The highest BCUT2D eigenvalue weighted by molar-refractivity contribution is 5.47. The van der Waals surface area contributed by atoms with E-state index in [9.17, 15) is 8.78 Å². The van der Waals surface area contributed by atoms with Gasteiger partial charge in [-0.1, -0.05) is 13.8 Å². The van der Waals surface area contributed by atoms with Gasteiger partial charge < -0.3 is 10.6 Å². The lowest BCUT2D eigenvalue weighted by molar-refractivity contribution is 0.530. The highest BCUT2D eigenvalue weighted by Gasteiger charge is 2.27. The minimum atomic E-state index is -0.647. The smallest absolute Gasteiger partial charge is 0.168 e. The zero-order valence-corrected chi connectivity index (χ0v) is 11.5. The number of halogens is 2. The molecule has 1 atom stereocenters. The molecule has 1 aromatic heterocycles. The Bertz CT molecular complexity index is 433. The van der Waals surface area contributed by atoms with Crippen LogP contribution in [0.5, 0.6) is 0 Å². The van der Waals surface area contributed by atoms with Crippen LogP contribution in [0.25, 0.3) is 0 Å². The first kappa shape index (κ1) is 14.0. The molecule has 1 aliphatic carbocycles. The molecule has 0 radical (unpaired) electrons. The summed E-state index contributed by atoms with van der Waals surface area (Å²) >= 11 is 0. The first-order valence-corrected chi connectivity index (χ1v) is 6.95. The van der Waals surface area contributed by atoms with Crippen LogP contribution in [0.3, 0.4) is 0 Å². The second-order valence-corrected chi connectivity index (χ2v) is 5.27. The number of pyridine rings is 1. The summed E-state index contributed by atoms with van der Waals surface area (Å²) in [7, 11) is 0. The molecule has 19 heavy (non-hydrogen) atoms. The van der Waals surface area contributed by atoms with Gasteiger partial charge in [0.25, 0.3) is 0 Å². The molecule has 0 aromatic carbocycles. The van der Waals surface area contributed by atoms with Gasteiger partial charge in [-0.05, 0) is 31.1 Å². The van der Waals surface area contributed by atoms with Gasteiger partial charge in [0.1, 0.15) is 0 Å². The molecular weight excluding hydrogens is 248 g/mol. The Morgan fingerprint density at radius 2 is 1.89 bits per heavy atom. The molecule has 0 aliphatic heterocycles. The maximum Gasteiger partial charge on any atom is 0.168 e. The molecule has 1 aliphatic rings. The van der Waals surface area contributed by atoms with Crippen molar-refractivity contribution in [2.24, 2.45) is 11.8 Å². The molecule has 0 saturated heterocycles. The van der Waals surface area contributed by atoms with E-state index >= 15 is 0 Å². The van der Waals surface area contributed by atoms with Crippen molar-refractivity contribution in [1.29, 1.82) is 0 Å². The van der Waals surface area contributed by atoms with E-state index in [4.69, 9.17) is 0 Å². The Morgan fingerprint density at radius 3 is 2.47 bits per heavy atom. The summed E-state index contributed by atoms with van der Waals surface area (Å²) in [5, 5.41) is 5.85. The Morgan fingerprint density at radius 1 is 1.26 bits per heavy atom. The van der Waals surface area contributed by atoms with Gasteiger partial charge in [0, 0.05) is 19.2 Å². The molecule has 2 rings (SSSR count). The van der Waals surface area contributed by atoms with E-state index in [1.165, 1.54) is 12.8 Å². The minimum Gasteiger partial charge on any atom is -0.368 e. The summed E-state index contributed by atoms with van der Waals surface area (Å²) in [6.07, 6.45) is 3.37. The van der Waals surface area contributed by atoms with Crippen LogP contribution in [0.2, 0.25) is 0 Å². The summed E-state index contributed by atoms with van der Waals surface area (Å²) < 4.78 is 27.1. The van der Waals surface area contributed by atoms with Crippen LogP contribution in [0.15, 0.2) is 6.07 Å². The van der Waals surface area contributed by atoms with Crippen molar-refractivity contribution in [3.8, 4) is 0 Å². The third kappa shape index (κ3) is 3.78. The van der Waals surface area contributed by atoms with Gasteiger partial charge in [0.05, 0.1) is 0 Å². The fraction of sp³-hybridized carbons (Fsp3) is 0.643. The van der Waals surface area contributed by atoms with Gasteiger partial charge in [-0.2, -0.15) is 0 Å². The molecular formula is C14H21F2N3. The average molecular weight is 269 g/mol. The molecule has 3 nitrogen and oxygen atoms in total. The number of rotatable bonds is 7. The lowest BCUT2D eigenvalue weighted by Gasteiger charge is -2.14. The van der Waals surface area contributed by atoms with Crippen molar-refractivity contribution < 1.29 is 8.78 Å². The van der Waals surface area contributed by atoms with Crippen molar-refractivity contribution in [2.75, 3.05) is 23.7 Å². The van der Waals surface area contributed by atoms with E-state index in [-0.39, 0.29) is 11.6 Å². The van der Waals surface area contributed by atoms with Crippen LogP contribution >= 0.6 is 0 Å². The molecule has 1 unspecified atom stereocenters. The van der Waals surface area contributed by atoms with Gasteiger partial charge in [-0.15, -0.1) is 0 Å². The monoisotopic (exact) mass is 269 g/mol. The first-order chi connectivity index (χ1) is 9.11. The number of nitrogens with one attached hydrogen (secondary N) is 2. The topological polar surface area (TPSA) is 37.0 Å². The molecule has 0 spiro atoms. The molecule has 1 fully saturated rings.